The van der Waals surface area contributed by atoms with Gasteiger partial charge >= 0.3 is 0 Å². The van der Waals surface area contributed by atoms with E-state index in [9.17, 15) is 14.4 Å². The number of carbonyl (C=O) groups excluding carboxylic acids is 3. The second-order valence-corrected chi connectivity index (χ2v) is 7.19. The summed E-state index contributed by atoms with van der Waals surface area (Å²) in [5.74, 6) is -0.973. The van der Waals surface area contributed by atoms with Crippen molar-refractivity contribution in [2.24, 2.45) is 0 Å². The highest BCUT2D eigenvalue weighted by molar-refractivity contribution is 6.23. The summed E-state index contributed by atoms with van der Waals surface area (Å²) in [6, 6.07) is 9.50. The predicted molar refractivity (Wildman–Crippen MR) is 101 cm³/mol. The van der Waals surface area contributed by atoms with Crippen LogP contribution in [0.3, 0.4) is 0 Å². The Bertz CT molecular complexity index is 869. The smallest absolute Gasteiger partial charge is 0.290 e. The number of carbonyl (C=O) groups is 3. The van der Waals surface area contributed by atoms with Crippen molar-refractivity contribution in [2.75, 3.05) is 18.1 Å². The average Bonchev–Trinajstić information content (AvgIpc) is 3.43. The fraction of sp³-hybridized carbons (Fsp3) is 0.381. The van der Waals surface area contributed by atoms with Gasteiger partial charge in [-0.1, -0.05) is 17.7 Å². The first-order valence-corrected chi connectivity index (χ1v) is 9.44. The molecule has 4 rings (SSSR count). The van der Waals surface area contributed by atoms with Crippen molar-refractivity contribution in [1.29, 1.82) is 0 Å². The molecule has 2 fully saturated rings. The van der Waals surface area contributed by atoms with Gasteiger partial charge in [0.2, 0.25) is 5.91 Å². The highest BCUT2D eigenvalue weighted by Gasteiger charge is 2.45. The summed E-state index contributed by atoms with van der Waals surface area (Å²) in [6.45, 7) is 2.83. The molecule has 7 heteroatoms. The minimum Gasteiger partial charge on any atom is -0.459 e. The van der Waals surface area contributed by atoms with E-state index in [0.29, 0.717) is 12.3 Å². The first-order valence-electron chi connectivity index (χ1n) is 9.44. The van der Waals surface area contributed by atoms with E-state index < -0.39 is 17.9 Å². The first-order chi connectivity index (χ1) is 13.5. The first kappa shape index (κ1) is 18.4. The molecule has 7 nitrogen and oxygen atoms in total. The van der Waals surface area contributed by atoms with Gasteiger partial charge in [-0.15, -0.1) is 0 Å². The Labute approximate surface area is 162 Å². The van der Waals surface area contributed by atoms with Gasteiger partial charge in [-0.05, 0) is 44.0 Å². The molecule has 2 aliphatic heterocycles. The number of imide groups is 1. The minimum absolute atomic E-state index is 0.0497. The molecule has 28 heavy (non-hydrogen) atoms. The number of nitrogens with zero attached hydrogens (tertiary/aromatic N) is 2. The van der Waals surface area contributed by atoms with E-state index >= 15 is 0 Å². The summed E-state index contributed by atoms with van der Waals surface area (Å²) in [5, 5.41) is 0. The predicted octanol–water partition coefficient (Wildman–Crippen LogP) is 2.54. The summed E-state index contributed by atoms with van der Waals surface area (Å²) in [4.78, 5) is 41.4. The lowest BCUT2D eigenvalue weighted by atomic mass is 10.1. The van der Waals surface area contributed by atoms with E-state index in [4.69, 9.17) is 9.15 Å². The molecule has 3 heterocycles. The average molecular weight is 382 g/mol. The van der Waals surface area contributed by atoms with Crippen LogP contribution in [-0.2, 0) is 14.3 Å². The zero-order chi connectivity index (χ0) is 19.7. The number of aryl methyl sites for hydroxylation is 1. The number of anilines is 1. The Morgan fingerprint density at radius 1 is 1.21 bits per heavy atom. The van der Waals surface area contributed by atoms with Crippen molar-refractivity contribution < 1.29 is 23.5 Å². The standard InChI is InChI=1S/C21H22N2O5/c1-14-6-8-15(9-7-14)23-19(24)12-17(20(23)25)22(13-16-4-2-10-27-16)21(26)18-5-3-11-28-18/h3,5-9,11,16-17H,2,4,10,12-13H2,1H3. The molecule has 0 radical (unpaired) electrons. The molecule has 1 aromatic heterocycles. The monoisotopic (exact) mass is 382 g/mol. The van der Waals surface area contributed by atoms with Crippen LogP contribution < -0.4 is 4.90 Å². The van der Waals surface area contributed by atoms with E-state index in [0.717, 1.165) is 18.4 Å². The van der Waals surface area contributed by atoms with Crippen molar-refractivity contribution in [2.45, 2.75) is 38.3 Å². The third kappa shape index (κ3) is 3.45. The molecule has 1 aromatic carbocycles. The number of hydrogen-bond donors (Lipinski definition) is 0. The van der Waals surface area contributed by atoms with Gasteiger partial charge in [0.1, 0.15) is 6.04 Å². The Hall–Kier alpha value is -2.93. The largest absolute Gasteiger partial charge is 0.459 e. The van der Waals surface area contributed by atoms with Gasteiger partial charge < -0.3 is 14.1 Å². The van der Waals surface area contributed by atoms with E-state index in [-0.39, 0.29) is 30.7 Å². The fourth-order valence-electron chi connectivity index (χ4n) is 3.73. The normalized spacial score (nSPS) is 22.1. The van der Waals surface area contributed by atoms with Crippen molar-refractivity contribution >= 4 is 23.4 Å². The van der Waals surface area contributed by atoms with Crippen LogP contribution in [0.5, 0.6) is 0 Å². The number of benzene rings is 1. The van der Waals surface area contributed by atoms with E-state index in [1.165, 1.54) is 16.1 Å². The molecule has 2 unspecified atom stereocenters. The summed E-state index contributed by atoms with van der Waals surface area (Å²) in [5.41, 5.74) is 1.55. The second kappa shape index (κ2) is 7.59. The molecule has 0 spiro atoms. The van der Waals surface area contributed by atoms with Gasteiger partial charge in [0.25, 0.3) is 11.8 Å². The topological polar surface area (TPSA) is 80.1 Å². The molecule has 0 aliphatic carbocycles. The SMILES string of the molecule is Cc1ccc(N2C(=O)CC(N(CC3CCCO3)C(=O)c3ccco3)C2=O)cc1. The van der Waals surface area contributed by atoms with E-state index in [1.807, 2.05) is 19.1 Å². The number of hydrogen-bond acceptors (Lipinski definition) is 5. The van der Waals surface area contributed by atoms with Crippen LogP contribution in [0.15, 0.2) is 47.1 Å². The number of furan rings is 1. The molecule has 0 N–H and O–H groups in total. The molecule has 0 bridgehead atoms. The summed E-state index contributed by atoms with van der Waals surface area (Å²) < 4.78 is 10.9. The zero-order valence-corrected chi connectivity index (χ0v) is 15.7. The summed E-state index contributed by atoms with van der Waals surface area (Å²) in [6.07, 6.45) is 2.96. The van der Waals surface area contributed by atoms with Gasteiger partial charge in [-0.2, -0.15) is 0 Å². The zero-order valence-electron chi connectivity index (χ0n) is 15.7. The van der Waals surface area contributed by atoms with Crippen molar-refractivity contribution in [3.8, 4) is 0 Å². The Morgan fingerprint density at radius 3 is 2.64 bits per heavy atom. The van der Waals surface area contributed by atoms with Gasteiger partial charge in [0.05, 0.1) is 24.5 Å². The lowest BCUT2D eigenvalue weighted by Crippen LogP contribution is -2.48. The third-order valence-electron chi connectivity index (χ3n) is 5.21. The maximum absolute atomic E-state index is 13.1. The molecule has 2 aromatic rings. The van der Waals surface area contributed by atoms with Crippen molar-refractivity contribution in [1.82, 2.24) is 4.90 Å². The van der Waals surface area contributed by atoms with E-state index in [2.05, 4.69) is 0 Å². The number of rotatable bonds is 5. The molecular weight excluding hydrogens is 360 g/mol. The Kier molecular flexibility index (Phi) is 5.00. The van der Waals surface area contributed by atoms with Crippen molar-refractivity contribution in [3.05, 3.63) is 54.0 Å². The Morgan fingerprint density at radius 2 is 2.00 bits per heavy atom. The number of ether oxygens (including phenoxy) is 1. The molecule has 0 saturated carbocycles. The van der Waals surface area contributed by atoms with Crippen LogP contribution in [-0.4, -0.2) is 47.9 Å². The molecule has 2 aliphatic rings. The Balaban J connectivity index is 1.61. The van der Waals surface area contributed by atoms with Crippen molar-refractivity contribution in [3.63, 3.8) is 0 Å². The highest BCUT2D eigenvalue weighted by atomic mass is 16.5. The van der Waals surface area contributed by atoms with Gasteiger partial charge in [-0.25, -0.2) is 4.90 Å². The molecular formula is C21H22N2O5. The van der Waals surface area contributed by atoms with Crippen LogP contribution in [0.2, 0.25) is 0 Å². The third-order valence-corrected chi connectivity index (χ3v) is 5.21. The fourth-order valence-corrected chi connectivity index (χ4v) is 3.73. The lowest BCUT2D eigenvalue weighted by Gasteiger charge is -2.29. The number of amides is 3. The van der Waals surface area contributed by atoms with E-state index in [1.54, 1.807) is 24.3 Å². The highest BCUT2D eigenvalue weighted by Crippen LogP contribution is 2.28. The molecule has 3 amide bonds. The van der Waals surface area contributed by atoms with Crippen LogP contribution in [0.4, 0.5) is 5.69 Å². The molecule has 2 saturated heterocycles. The summed E-state index contributed by atoms with van der Waals surface area (Å²) in [7, 11) is 0. The van der Waals surface area contributed by atoms with Gasteiger partial charge in [0.15, 0.2) is 5.76 Å². The van der Waals surface area contributed by atoms with Gasteiger partial charge in [-0.3, -0.25) is 14.4 Å². The van der Waals surface area contributed by atoms with Crippen LogP contribution in [0, 0.1) is 6.92 Å². The van der Waals surface area contributed by atoms with Gasteiger partial charge in [0, 0.05) is 13.2 Å². The summed E-state index contributed by atoms with van der Waals surface area (Å²) >= 11 is 0. The molecule has 146 valence electrons. The minimum atomic E-state index is -0.865. The molecule has 2 atom stereocenters. The lowest BCUT2D eigenvalue weighted by molar-refractivity contribution is -0.122. The quantitative estimate of drug-likeness (QED) is 0.743. The van der Waals surface area contributed by atoms with Crippen LogP contribution >= 0.6 is 0 Å². The maximum Gasteiger partial charge on any atom is 0.290 e. The second-order valence-electron chi connectivity index (χ2n) is 7.19. The maximum atomic E-state index is 13.1. The van der Waals surface area contributed by atoms with Crippen LogP contribution in [0.1, 0.15) is 35.4 Å². The van der Waals surface area contributed by atoms with Crippen LogP contribution in [0.25, 0.3) is 0 Å².